The Hall–Kier alpha value is -3.31. The van der Waals surface area contributed by atoms with E-state index in [2.05, 4.69) is 10.3 Å². The second-order valence-corrected chi connectivity index (χ2v) is 7.09. The van der Waals surface area contributed by atoms with Crippen molar-refractivity contribution in [2.45, 2.75) is 13.3 Å². The molecule has 0 aliphatic carbocycles. The average Bonchev–Trinajstić information content (AvgIpc) is 2.69. The summed E-state index contributed by atoms with van der Waals surface area (Å²) in [4.78, 5) is 16.3. The highest BCUT2D eigenvalue weighted by molar-refractivity contribution is 6.31. The van der Waals surface area contributed by atoms with Gasteiger partial charge in [-0.05, 0) is 61.0 Å². The van der Waals surface area contributed by atoms with E-state index in [9.17, 15) is 9.90 Å². The van der Waals surface area contributed by atoms with Gasteiger partial charge in [-0.15, -0.1) is 0 Å². The Morgan fingerprint density at radius 2 is 1.83 bits per heavy atom. The lowest BCUT2D eigenvalue weighted by Gasteiger charge is -2.14. The number of phenolic OH excluding ortho intramolecular Hbond substituents is 1. The molecule has 0 unspecified atom stereocenters. The van der Waals surface area contributed by atoms with Crippen molar-refractivity contribution < 1.29 is 14.6 Å². The van der Waals surface area contributed by atoms with Gasteiger partial charge in [-0.25, -0.2) is 4.98 Å². The molecule has 0 amide bonds. The molecule has 1 heterocycles. The van der Waals surface area contributed by atoms with Crippen molar-refractivity contribution in [3.8, 4) is 5.75 Å². The number of phenols is 1. The number of carbonyl (C=O) groups is 1. The molecule has 4 rings (SSSR count). The first kappa shape index (κ1) is 19.0. The standard InChI is InChI=1S/C23H19ClN2O3/c1-2-29-22(28)11-14-3-6-16(7-4-14)25-23-18-9-5-15(24)12-21(18)26-20-10-8-17(27)13-19(20)23/h3-10,12-13,27H,2,11H2,1H3,(H,25,26). The van der Waals surface area contributed by atoms with Gasteiger partial charge in [0.15, 0.2) is 0 Å². The van der Waals surface area contributed by atoms with E-state index in [-0.39, 0.29) is 18.1 Å². The van der Waals surface area contributed by atoms with Crippen LogP contribution in [0.2, 0.25) is 5.02 Å². The number of esters is 1. The van der Waals surface area contributed by atoms with Gasteiger partial charge in [-0.2, -0.15) is 0 Å². The Kier molecular flexibility index (Phi) is 5.23. The number of aromatic hydroxyl groups is 1. The van der Waals surface area contributed by atoms with Gasteiger partial charge in [0, 0.05) is 21.5 Å². The molecule has 3 aromatic carbocycles. The molecule has 1 aromatic heterocycles. The number of fused-ring (bicyclic) bond motifs is 2. The van der Waals surface area contributed by atoms with Gasteiger partial charge in [-0.1, -0.05) is 23.7 Å². The largest absolute Gasteiger partial charge is 0.508 e. The van der Waals surface area contributed by atoms with Gasteiger partial charge >= 0.3 is 5.97 Å². The molecule has 2 N–H and O–H groups in total. The zero-order chi connectivity index (χ0) is 20.4. The monoisotopic (exact) mass is 406 g/mol. The molecule has 0 bridgehead atoms. The van der Waals surface area contributed by atoms with Crippen molar-refractivity contribution in [1.29, 1.82) is 0 Å². The highest BCUT2D eigenvalue weighted by Gasteiger charge is 2.11. The quantitative estimate of drug-likeness (QED) is 0.333. The summed E-state index contributed by atoms with van der Waals surface area (Å²) in [6.45, 7) is 2.16. The van der Waals surface area contributed by atoms with Crippen molar-refractivity contribution in [1.82, 2.24) is 4.98 Å². The van der Waals surface area contributed by atoms with E-state index >= 15 is 0 Å². The van der Waals surface area contributed by atoms with Crippen LogP contribution >= 0.6 is 11.6 Å². The van der Waals surface area contributed by atoms with Crippen LogP contribution in [0.3, 0.4) is 0 Å². The number of benzene rings is 3. The molecule has 6 heteroatoms. The lowest BCUT2D eigenvalue weighted by molar-refractivity contribution is -0.142. The minimum absolute atomic E-state index is 0.167. The number of anilines is 2. The van der Waals surface area contributed by atoms with Crippen molar-refractivity contribution in [2.24, 2.45) is 0 Å². The van der Waals surface area contributed by atoms with Crippen molar-refractivity contribution >= 4 is 50.8 Å². The highest BCUT2D eigenvalue weighted by atomic mass is 35.5. The molecule has 0 saturated heterocycles. The summed E-state index contributed by atoms with van der Waals surface area (Å²) in [5, 5.41) is 15.7. The molecular formula is C23H19ClN2O3. The van der Waals surface area contributed by atoms with Gasteiger partial charge in [0.05, 0.1) is 29.7 Å². The summed E-state index contributed by atoms with van der Waals surface area (Å²) in [5.41, 5.74) is 4.07. The first-order chi connectivity index (χ1) is 14.0. The third-order valence-electron chi connectivity index (χ3n) is 4.60. The number of carbonyl (C=O) groups excluding carboxylic acids is 1. The van der Waals surface area contributed by atoms with E-state index in [1.165, 1.54) is 0 Å². The predicted octanol–water partition coefficient (Wildman–Crippen LogP) is 5.60. The van der Waals surface area contributed by atoms with Crippen LogP contribution in [0.1, 0.15) is 12.5 Å². The van der Waals surface area contributed by atoms with E-state index in [0.29, 0.717) is 11.6 Å². The zero-order valence-corrected chi connectivity index (χ0v) is 16.5. The third kappa shape index (κ3) is 4.10. The molecule has 29 heavy (non-hydrogen) atoms. The number of rotatable bonds is 5. The van der Waals surface area contributed by atoms with Crippen molar-refractivity contribution in [3.05, 3.63) is 71.2 Å². The van der Waals surface area contributed by atoms with Gasteiger partial charge in [0.25, 0.3) is 0 Å². The van der Waals surface area contributed by atoms with Crippen LogP contribution in [-0.4, -0.2) is 22.7 Å². The third-order valence-corrected chi connectivity index (χ3v) is 4.83. The van der Waals surface area contributed by atoms with Crippen LogP contribution in [0.25, 0.3) is 21.8 Å². The van der Waals surface area contributed by atoms with Crippen LogP contribution in [0, 0.1) is 0 Å². The highest BCUT2D eigenvalue weighted by Crippen LogP contribution is 2.35. The van der Waals surface area contributed by atoms with Gasteiger partial charge in [0.2, 0.25) is 0 Å². The Morgan fingerprint density at radius 3 is 2.59 bits per heavy atom. The van der Waals surface area contributed by atoms with Gasteiger partial charge in [0.1, 0.15) is 5.75 Å². The number of pyridine rings is 1. The molecule has 5 nitrogen and oxygen atoms in total. The first-order valence-corrected chi connectivity index (χ1v) is 9.65. The molecule has 0 saturated carbocycles. The van der Waals surface area contributed by atoms with Crippen LogP contribution in [-0.2, 0) is 16.0 Å². The summed E-state index contributed by atoms with van der Waals surface area (Å²) in [6, 6.07) is 18.2. The summed E-state index contributed by atoms with van der Waals surface area (Å²) in [7, 11) is 0. The van der Waals surface area contributed by atoms with E-state index in [0.717, 1.165) is 38.7 Å². The SMILES string of the molecule is CCOC(=O)Cc1ccc(Nc2c3ccc(Cl)cc3nc3ccc(O)cc23)cc1. The number of hydrogen-bond acceptors (Lipinski definition) is 5. The second-order valence-electron chi connectivity index (χ2n) is 6.65. The van der Waals surface area contributed by atoms with Gasteiger partial charge in [-0.3, -0.25) is 4.79 Å². The van der Waals surface area contributed by atoms with E-state index in [4.69, 9.17) is 16.3 Å². The van der Waals surface area contributed by atoms with Crippen LogP contribution in [0.5, 0.6) is 5.75 Å². The number of hydrogen-bond donors (Lipinski definition) is 2. The fourth-order valence-corrected chi connectivity index (χ4v) is 3.44. The summed E-state index contributed by atoms with van der Waals surface area (Å²) in [6.07, 6.45) is 0.238. The molecule has 146 valence electrons. The van der Waals surface area contributed by atoms with Crippen molar-refractivity contribution in [3.63, 3.8) is 0 Å². The normalized spacial score (nSPS) is 11.0. The Balaban J connectivity index is 1.74. The van der Waals surface area contributed by atoms with Crippen molar-refractivity contribution in [2.75, 3.05) is 11.9 Å². The van der Waals surface area contributed by atoms with E-state index in [1.54, 1.807) is 25.1 Å². The fourth-order valence-electron chi connectivity index (χ4n) is 3.27. The summed E-state index contributed by atoms with van der Waals surface area (Å²) >= 11 is 6.15. The summed E-state index contributed by atoms with van der Waals surface area (Å²) in [5.74, 6) is -0.0767. The zero-order valence-electron chi connectivity index (χ0n) is 15.8. The Labute approximate surface area is 172 Å². The minimum atomic E-state index is -0.244. The predicted molar refractivity (Wildman–Crippen MR) is 116 cm³/mol. The molecule has 0 spiro atoms. The number of halogens is 1. The topological polar surface area (TPSA) is 71.5 Å². The second kappa shape index (κ2) is 7.97. The van der Waals surface area contributed by atoms with E-state index < -0.39 is 0 Å². The Morgan fingerprint density at radius 1 is 1.03 bits per heavy atom. The lowest BCUT2D eigenvalue weighted by atomic mass is 10.1. The van der Waals surface area contributed by atoms with Crippen LogP contribution in [0.4, 0.5) is 11.4 Å². The first-order valence-electron chi connectivity index (χ1n) is 9.27. The molecule has 0 aliphatic heterocycles. The number of nitrogens with zero attached hydrogens (tertiary/aromatic N) is 1. The molecule has 0 atom stereocenters. The smallest absolute Gasteiger partial charge is 0.310 e. The number of nitrogens with one attached hydrogen (secondary N) is 1. The Bertz CT molecular complexity index is 1210. The number of aromatic nitrogens is 1. The maximum Gasteiger partial charge on any atom is 0.310 e. The van der Waals surface area contributed by atoms with E-state index in [1.807, 2.05) is 42.5 Å². The molecule has 0 fully saturated rings. The van der Waals surface area contributed by atoms with Crippen LogP contribution in [0.15, 0.2) is 60.7 Å². The maximum absolute atomic E-state index is 11.7. The molecule has 4 aromatic rings. The maximum atomic E-state index is 11.7. The average molecular weight is 407 g/mol. The lowest BCUT2D eigenvalue weighted by Crippen LogP contribution is -2.07. The molecular weight excluding hydrogens is 388 g/mol. The molecule has 0 aliphatic rings. The number of ether oxygens (including phenoxy) is 1. The van der Waals surface area contributed by atoms with Gasteiger partial charge < -0.3 is 15.2 Å². The fraction of sp³-hybridized carbons (Fsp3) is 0.130. The summed E-state index contributed by atoms with van der Waals surface area (Å²) < 4.78 is 4.99. The minimum Gasteiger partial charge on any atom is -0.508 e. The van der Waals surface area contributed by atoms with Crippen LogP contribution < -0.4 is 5.32 Å². The molecule has 0 radical (unpaired) electrons.